The van der Waals surface area contributed by atoms with Gasteiger partial charge >= 0.3 is 0 Å². The van der Waals surface area contributed by atoms with Gasteiger partial charge in [-0.3, -0.25) is 9.59 Å². The largest absolute Gasteiger partial charge is 0.340 e. The lowest BCUT2D eigenvalue weighted by Gasteiger charge is -2.43. The molecule has 152 valence electrons. The van der Waals surface area contributed by atoms with Gasteiger partial charge in [0.25, 0.3) is 0 Å². The fourth-order valence-electron chi connectivity index (χ4n) is 4.38. The van der Waals surface area contributed by atoms with Crippen LogP contribution in [0.1, 0.15) is 60.0 Å². The fourth-order valence-corrected chi connectivity index (χ4v) is 4.87. The van der Waals surface area contributed by atoms with Gasteiger partial charge < -0.3 is 9.80 Å². The summed E-state index contributed by atoms with van der Waals surface area (Å²) in [6, 6.07) is 9.23. The highest BCUT2D eigenvalue weighted by Gasteiger charge is 2.41. The molecule has 29 heavy (non-hydrogen) atoms. The number of Topliss-reactive ketones (excluding diaryl/α,β-unsaturated/α-hetero) is 1. The Kier molecular flexibility index (Phi) is 5.67. The topological polar surface area (TPSA) is 66.4 Å². The number of anilines is 2. The molecule has 1 aliphatic heterocycles. The Bertz CT molecular complexity index is 914. The van der Waals surface area contributed by atoms with Crippen molar-refractivity contribution in [3.05, 3.63) is 47.9 Å². The molecule has 1 aromatic heterocycles. The second-order valence-corrected chi connectivity index (χ2v) is 8.61. The first kappa shape index (κ1) is 20.0. The van der Waals surface area contributed by atoms with Crippen LogP contribution >= 0.6 is 15.9 Å². The fraction of sp³-hybridized carbons (Fsp3) is 0.455. The molecule has 6 nitrogen and oxygen atoms in total. The maximum atomic E-state index is 13.0. The number of halogens is 1. The maximum Gasteiger partial charge on any atom is 0.249 e. The van der Waals surface area contributed by atoms with Crippen molar-refractivity contribution in [3.8, 4) is 0 Å². The molecule has 1 amide bonds. The zero-order valence-corrected chi connectivity index (χ0v) is 18.3. The molecule has 1 aliphatic carbocycles. The van der Waals surface area contributed by atoms with Crippen molar-refractivity contribution in [3.63, 3.8) is 0 Å². The van der Waals surface area contributed by atoms with Gasteiger partial charge in [-0.1, -0.05) is 66.0 Å². The van der Waals surface area contributed by atoms with Crippen LogP contribution in [0.15, 0.2) is 36.5 Å². The summed E-state index contributed by atoms with van der Waals surface area (Å²) in [7, 11) is 1.78. The van der Waals surface area contributed by atoms with Crippen molar-refractivity contribution in [1.29, 1.82) is 0 Å². The highest BCUT2D eigenvalue weighted by molar-refractivity contribution is 9.09. The molecule has 7 heteroatoms. The number of amides is 1. The molecule has 0 bridgehead atoms. The summed E-state index contributed by atoms with van der Waals surface area (Å²) in [6.45, 7) is 2.04. The lowest BCUT2D eigenvalue weighted by atomic mass is 10.0. The molecule has 1 fully saturated rings. The summed E-state index contributed by atoms with van der Waals surface area (Å²) in [4.78, 5) is 38.3. The van der Waals surface area contributed by atoms with Crippen molar-refractivity contribution in [1.82, 2.24) is 9.97 Å². The zero-order chi connectivity index (χ0) is 20.5. The second-order valence-electron chi connectivity index (χ2n) is 7.70. The van der Waals surface area contributed by atoms with Crippen LogP contribution < -0.4 is 9.80 Å². The number of ketones is 1. The van der Waals surface area contributed by atoms with Crippen molar-refractivity contribution in [2.75, 3.05) is 16.8 Å². The number of nitrogens with zero attached hydrogens (tertiary/aromatic N) is 4. The Morgan fingerprint density at radius 3 is 2.59 bits per heavy atom. The van der Waals surface area contributed by atoms with Gasteiger partial charge in [-0.25, -0.2) is 9.97 Å². The molecule has 4 rings (SSSR count). The Labute approximate surface area is 179 Å². The first-order valence-corrected chi connectivity index (χ1v) is 11.1. The zero-order valence-electron chi connectivity index (χ0n) is 16.7. The van der Waals surface area contributed by atoms with Gasteiger partial charge in [-0.2, -0.15) is 0 Å². The number of hydrogen-bond acceptors (Lipinski definition) is 5. The lowest BCUT2D eigenvalue weighted by molar-refractivity contribution is -0.120. The molecule has 1 saturated carbocycles. The third kappa shape index (κ3) is 3.56. The lowest BCUT2D eigenvalue weighted by Crippen LogP contribution is -2.55. The number of likely N-dealkylation sites (N-methyl/N-ethyl adjacent to an activating group) is 1. The van der Waals surface area contributed by atoms with E-state index in [0.717, 1.165) is 25.1 Å². The number of fused-ring (bicyclic) bond motifs is 1. The number of alkyl halides is 1. The molecule has 0 spiro atoms. The van der Waals surface area contributed by atoms with Crippen LogP contribution in [0, 0.1) is 0 Å². The van der Waals surface area contributed by atoms with E-state index in [9.17, 15) is 9.59 Å². The third-order valence-corrected chi connectivity index (χ3v) is 6.77. The minimum atomic E-state index is -0.636. The average molecular weight is 457 g/mol. The Balaban J connectivity index is 1.74. The Morgan fingerprint density at radius 2 is 1.93 bits per heavy atom. The number of hydrogen-bond donors (Lipinski definition) is 0. The number of rotatable bonds is 5. The van der Waals surface area contributed by atoms with Crippen molar-refractivity contribution in [2.24, 2.45) is 0 Å². The summed E-state index contributed by atoms with van der Waals surface area (Å²) in [5, 5.41) is 0. The first-order chi connectivity index (χ1) is 14.0. The summed E-state index contributed by atoms with van der Waals surface area (Å²) < 4.78 is 0. The van der Waals surface area contributed by atoms with Gasteiger partial charge in [0.05, 0.1) is 6.20 Å². The van der Waals surface area contributed by atoms with Gasteiger partial charge in [0.15, 0.2) is 17.4 Å². The second kappa shape index (κ2) is 8.22. The molecule has 1 unspecified atom stereocenters. The first-order valence-electron chi connectivity index (χ1n) is 10.2. The smallest absolute Gasteiger partial charge is 0.249 e. The summed E-state index contributed by atoms with van der Waals surface area (Å²) in [5.41, 5.74) is 1.32. The molecule has 0 radical (unpaired) electrons. The molecule has 0 N–H and O–H groups in total. The number of benzene rings is 1. The predicted octanol–water partition coefficient (Wildman–Crippen LogP) is 4.30. The molecule has 2 atom stereocenters. The summed E-state index contributed by atoms with van der Waals surface area (Å²) in [6.07, 6.45) is 6.86. The highest BCUT2D eigenvalue weighted by atomic mass is 79.9. The van der Waals surface area contributed by atoms with Gasteiger partial charge in [-0.05, 0) is 19.3 Å². The van der Waals surface area contributed by atoms with E-state index < -0.39 is 4.83 Å². The van der Waals surface area contributed by atoms with E-state index in [1.807, 2.05) is 25.1 Å². The summed E-state index contributed by atoms with van der Waals surface area (Å²) in [5.74, 6) is 1.20. The molecule has 2 aromatic rings. The van der Waals surface area contributed by atoms with Gasteiger partial charge in [0.2, 0.25) is 5.91 Å². The van der Waals surface area contributed by atoms with Crippen LogP contribution in [0.2, 0.25) is 0 Å². The van der Waals surface area contributed by atoms with Crippen LogP contribution in [0.5, 0.6) is 0 Å². The molecule has 2 heterocycles. The standard InChI is InChI=1S/C22H25BrN4O2/c1-3-16-22(29)26(2)17-13-24-20(18(23)19(28)14-9-5-4-6-10-14)25-21(17)27(16)15-11-7-8-12-15/h4-6,9-10,13,15-16,18H,3,7-8,11-12H2,1-2H3/t16-,18?/m1/s1. The van der Waals surface area contributed by atoms with Crippen LogP contribution in [-0.4, -0.2) is 40.8 Å². The highest BCUT2D eigenvalue weighted by Crippen LogP contribution is 2.40. The monoisotopic (exact) mass is 456 g/mol. The molecule has 2 aliphatic rings. The van der Waals surface area contributed by atoms with E-state index in [1.54, 1.807) is 30.3 Å². The molecule has 0 saturated heterocycles. The van der Waals surface area contributed by atoms with E-state index in [2.05, 4.69) is 25.8 Å². The Hall–Kier alpha value is -2.28. The van der Waals surface area contributed by atoms with E-state index in [4.69, 9.17) is 4.98 Å². The van der Waals surface area contributed by atoms with Gasteiger partial charge in [0.1, 0.15) is 16.6 Å². The minimum Gasteiger partial charge on any atom is -0.340 e. The number of carbonyl (C=O) groups excluding carboxylic acids is 2. The van der Waals surface area contributed by atoms with Crippen molar-refractivity contribution in [2.45, 2.75) is 55.9 Å². The average Bonchev–Trinajstić information content (AvgIpc) is 3.29. The van der Waals surface area contributed by atoms with Crippen molar-refractivity contribution < 1.29 is 9.59 Å². The maximum absolute atomic E-state index is 13.0. The van der Waals surface area contributed by atoms with E-state index in [0.29, 0.717) is 23.1 Å². The van der Waals surface area contributed by atoms with E-state index in [1.165, 1.54) is 12.8 Å². The number of aromatic nitrogens is 2. The quantitative estimate of drug-likeness (QED) is 0.495. The van der Waals surface area contributed by atoms with E-state index >= 15 is 0 Å². The van der Waals surface area contributed by atoms with Crippen LogP contribution in [0.25, 0.3) is 0 Å². The van der Waals surface area contributed by atoms with Crippen molar-refractivity contribution >= 4 is 39.1 Å². The third-order valence-electron chi connectivity index (χ3n) is 5.95. The normalized spacial score (nSPS) is 20.7. The predicted molar refractivity (Wildman–Crippen MR) is 117 cm³/mol. The van der Waals surface area contributed by atoms with Crippen LogP contribution in [0.4, 0.5) is 11.5 Å². The Morgan fingerprint density at radius 1 is 1.24 bits per heavy atom. The molecular weight excluding hydrogens is 432 g/mol. The van der Waals surface area contributed by atoms with Gasteiger partial charge in [0, 0.05) is 18.7 Å². The van der Waals surface area contributed by atoms with E-state index in [-0.39, 0.29) is 17.7 Å². The molecule has 1 aromatic carbocycles. The minimum absolute atomic E-state index is 0.0785. The van der Waals surface area contributed by atoms with Crippen LogP contribution in [0.3, 0.4) is 0 Å². The number of carbonyl (C=O) groups is 2. The SMILES string of the molecule is CC[C@@H]1C(=O)N(C)c2cnc(C(Br)C(=O)c3ccccc3)nc2N1C1CCCC1. The van der Waals surface area contributed by atoms with Crippen LogP contribution in [-0.2, 0) is 4.79 Å². The summed E-state index contributed by atoms with van der Waals surface area (Å²) >= 11 is 3.50. The van der Waals surface area contributed by atoms with Gasteiger partial charge in [-0.15, -0.1) is 0 Å². The molecular formula is C22H25BrN4O2.